The summed E-state index contributed by atoms with van der Waals surface area (Å²) in [7, 11) is 0. The van der Waals surface area contributed by atoms with Gasteiger partial charge in [0.15, 0.2) is 0 Å². The molecule has 0 saturated carbocycles. The van der Waals surface area contributed by atoms with Crippen molar-refractivity contribution in [2.75, 3.05) is 0 Å². The standard InChI is InChI=1S/C26H26N2/c1-17-8-6-11-18-12-7-15-23(24(17)18)28-26(27)25-21-13-4-2-9-19(21)16-20-10-3-5-14-22(20)25/h2-5,7-10,12-14,16,23,26,28H,6,11,15,27H2,1H3. The van der Waals surface area contributed by atoms with E-state index < -0.39 is 0 Å². The normalized spacial score (nSPS) is 20.4. The highest BCUT2D eigenvalue weighted by Gasteiger charge is 2.26. The zero-order chi connectivity index (χ0) is 19.1. The molecule has 2 atom stereocenters. The summed E-state index contributed by atoms with van der Waals surface area (Å²) in [6, 6.07) is 19.7. The van der Waals surface area contributed by atoms with Crippen molar-refractivity contribution in [3.63, 3.8) is 0 Å². The van der Waals surface area contributed by atoms with Gasteiger partial charge in [0, 0.05) is 6.04 Å². The van der Waals surface area contributed by atoms with Crippen molar-refractivity contribution in [1.29, 1.82) is 0 Å². The number of fused-ring (bicyclic) bond motifs is 2. The fourth-order valence-corrected chi connectivity index (χ4v) is 4.91. The molecule has 2 heteroatoms. The summed E-state index contributed by atoms with van der Waals surface area (Å²) in [4.78, 5) is 0. The average Bonchev–Trinajstić information content (AvgIpc) is 2.72. The van der Waals surface area contributed by atoms with E-state index in [9.17, 15) is 0 Å². The lowest BCUT2D eigenvalue weighted by Crippen LogP contribution is -2.40. The molecule has 0 radical (unpaired) electrons. The first kappa shape index (κ1) is 17.4. The molecule has 0 heterocycles. The molecule has 0 aromatic heterocycles. The summed E-state index contributed by atoms with van der Waals surface area (Å²) < 4.78 is 0. The lowest BCUT2D eigenvalue weighted by molar-refractivity contribution is 0.482. The maximum atomic E-state index is 6.85. The van der Waals surface area contributed by atoms with Crippen LogP contribution in [0, 0.1) is 0 Å². The van der Waals surface area contributed by atoms with Gasteiger partial charge in [0.25, 0.3) is 0 Å². The zero-order valence-electron chi connectivity index (χ0n) is 16.3. The van der Waals surface area contributed by atoms with Crippen LogP contribution < -0.4 is 11.1 Å². The predicted octanol–water partition coefficient (Wildman–Crippen LogP) is 5.91. The number of hydrogen-bond acceptors (Lipinski definition) is 2. The van der Waals surface area contributed by atoms with Gasteiger partial charge in [0.2, 0.25) is 0 Å². The lowest BCUT2D eigenvalue weighted by Gasteiger charge is -2.32. The second kappa shape index (κ2) is 7.05. The van der Waals surface area contributed by atoms with Crippen molar-refractivity contribution in [3.05, 3.63) is 95.1 Å². The Balaban J connectivity index is 1.59. The Hall–Kier alpha value is -2.68. The Morgan fingerprint density at radius 2 is 1.68 bits per heavy atom. The number of nitrogens with two attached hydrogens (primary N) is 1. The highest BCUT2D eigenvalue weighted by molar-refractivity contribution is 6.02. The molecule has 3 aromatic rings. The summed E-state index contributed by atoms with van der Waals surface area (Å²) in [5, 5.41) is 8.73. The van der Waals surface area contributed by atoms with Crippen molar-refractivity contribution in [3.8, 4) is 0 Å². The molecule has 2 nitrogen and oxygen atoms in total. The molecule has 0 bridgehead atoms. The fourth-order valence-electron chi connectivity index (χ4n) is 4.91. The first-order chi connectivity index (χ1) is 13.7. The second-order valence-corrected chi connectivity index (χ2v) is 7.93. The molecule has 0 aliphatic heterocycles. The summed E-state index contributed by atoms with van der Waals surface area (Å²) in [6.45, 7) is 2.24. The number of allylic oxidation sites excluding steroid dienone is 3. The largest absolute Gasteiger partial charge is 0.312 e. The Bertz CT molecular complexity index is 1100. The summed E-state index contributed by atoms with van der Waals surface area (Å²) in [5.41, 5.74) is 12.4. The van der Waals surface area contributed by atoms with E-state index in [-0.39, 0.29) is 12.2 Å². The van der Waals surface area contributed by atoms with Gasteiger partial charge in [-0.05, 0) is 70.5 Å². The minimum absolute atomic E-state index is 0.226. The van der Waals surface area contributed by atoms with Crippen LogP contribution in [0.2, 0.25) is 0 Å². The quantitative estimate of drug-likeness (QED) is 0.447. The van der Waals surface area contributed by atoms with Crippen molar-refractivity contribution < 1.29 is 0 Å². The summed E-state index contributed by atoms with van der Waals surface area (Å²) >= 11 is 0. The number of hydrogen-bond donors (Lipinski definition) is 2. The highest BCUT2D eigenvalue weighted by atomic mass is 15.1. The van der Waals surface area contributed by atoms with Gasteiger partial charge in [-0.1, -0.05) is 72.3 Å². The first-order valence-corrected chi connectivity index (χ1v) is 10.2. The van der Waals surface area contributed by atoms with Crippen LogP contribution in [-0.2, 0) is 0 Å². The van der Waals surface area contributed by atoms with Crippen molar-refractivity contribution in [2.24, 2.45) is 5.73 Å². The van der Waals surface area contributed by atoms with E-state index >= 15 is 0 Å². The van der Waals surface area contributed by atoms with Gasteiger partial charge in [-0.3, -0.25) is 5.32 Å². The maximum Gasteiger partial charge on any atom is 0.0827 e. The third-order valence-electron chi connectivity index (χ3n) is 6.18. The Morgan fingerprint density at radius 3 is 2.39 bits per heavy atom. The Kier molecular flexibility index (Phi) is 4.38. The molecule has 0 saturated heterocycles. The van der Waals surface area contributed by atoms with Gasteiger partial charge >= 0.3 is 0 Å². The molecule has 0 fully saturated rings. The molecule has 2 aliphatic rings. The minimum Gasteiger partial charge on any atom is -0.312 e. The predicted molar refractivity (Wildman–Crippen MR) is 119 cm³/mol. The van der Waals surface area contributed by atoms with E-state index in [4.69, 9.17) is 5.73 Å². The number of benzene rings is 3. The zero-order valence-corrected chi connectivity index (χ0v) is 16.3. The molecule has 140 valence electrons. The van der Waals surface area contributed by atoms with E-state index in [0.29, 0.717) is 0 Å². The van der Waals surface area contributed by atoms with Crippen LogP contribution in [-0.4, -0.2) is 6.04 Å². The van der Waals surface area contributed by atoms with Gasteiger partial charge < -0.3 is 5.73 Å². The molecule has 28 heavy (non-hydrogen) atoms. The molecule has 2 aliphatic carbocycles. The molecular weight excluding hydrogens is 340 g/mol. The molecule has 3 N–H and O–H groups in total. The second-order valence-electron chi connectivity index (χ2n) is 7.93. The highest BCUT2D eigenvalue weighted by Crippen LogP contribution is 2.35. The van der Waals surface area contributed by atoms with Crippen LogP contribution in [0.4, 0.5) is 0 Å². The van der Waals surface area contributed by atoms with Crippen LogP contribution in [0.25, 0.3) is 21.5 Å². The third-order valence-corrected chi connectivity index (χ3v) is 6.18. The Labute approximate surface area is 166 Å². The Morgan fingerprint density at radius 1 is 1.00 bits per heavy atom. The molecule has 2 unspecified atom stereocenters. The third kappa shape index (κ3) is 2.90. The number of rotatable bonds is 3. The molecule has 5 rings (SSSR count). The topological polar surface area (TPSA) is 38.0 Å². The molecule has 0 amide bonds. The monoisotopic (exact) mass is 366 g/mol. The van der Waals surface area contributed by atoms with E-state index in [1.54, 1.807) is 0 Å². The van der Waals surface area contributed by atoms with Crippen molar-refractivity contribution in [2.45, 2.75) is 38.4 Å². The van der Waals surface area contributed by atoms with E-state index in [1.807, 2.05) is 0 Å². The van der Waals surface area contributed by atoms with Crippen molar-refractivity contribution in [1.82, 2.24) is 5.32 Å². The van der Waals surface area contributed by atoms with Gasteiger partial charge in [0.1, 0.15) is 0 Å². The van der Waals surface area contributed by atoms with Gasteiger partial charge in [0.05, 0.1) is 6.17 Å². The van der Waals surface area contributed by atoms with E-state index in [2.05, 4.69) is 85.1 Å². The maximum absolute atomic E-state index is 6.85. The minimum atomic E-state index is -0.226. The van der Waals surface area contributed by atoms with Crippen LogP contribution >= 0.6 is 0 Å². The molecule has 3 aromatic carbocycles. The first-order valence-electron chi connectivity index (χ1n) is 10.2. The van der Waals surface area contributed by atoms with Crippen LogP contribution in [0.15, 0.2) is 89.5 Å². The van der Waals surface area contributed by atoms with Crippen LogP contribution in [0.5, 0.6) is 0 Å². The smallest absolute Gasteiger partial charge is 0.0827 e. The van der Waals surface area contributed by atoms with Crippen LogP contribution in [0.3, 0.4) is 0 Å². The van der Waals surface area contributed by atoms with Crippen molar-refractivity contribution >= 4 is 21.5 Å². The van der Waals surface area contributed by atoms with E-state index in [0.717, 1.165) is 19.3 Å². The summed E-state index contributed by atoms with van der Waals surface area (Å²) in [6.07, 6.45) is 10.0. The van der Waals surface area contributed by atoms with Crippen LogP contribution in [0.1, 0.15) is 37.9 Å². The summed E-state index contributed by atoms with van der Waals surface area (Å²) in [5.74, 6) is 0. The van der Waals surface area contributed by atoms with Gasteiger partial charge in [-0.25, -0.2) is 0 Å². The fraction of sp³-hybridized carbons (Fsp3) is 0.231. The molecule has 0 spiro atoms. The average molecular weight is 367 g/mol. The van der Waals surface area contributed by atoms with Gasteiger partial charge in [-0.15, -0.1) is 0 Å². The lowest BCUT2D eigenvalue weighted by atomic mass is 9.82. The van der Waals surface area contributed by atoms with E-state index in [1.165, 1.54) is 43.8 Å². The molecular formula is C26H26N2. The SMILES string of the molecule is CC1=CCCC2=C1C(NC(N)c1c3ccccc3cc3ccccc13)CC=C2. The van der Waals surface area contributed by atoms with Gasteiger partial charge in [-0.2, -0.15) is 0 Å². The number of nitrogens with one attached hydrogen (secondary N) is 1.